The van der Waals surface area contributed by atoms with E-state index < -0.39 is 29.8 Å². The monoisotopic (exact) mass is 246 g/mol. The first kappa shape index (κ1) is 12.3. The van der Waals surface area contributed by atoms with Crippen molar-refractivity contribution in [1.29, 1.82) is 0 Å². The Hall–Kier alpha value is -1.21. The summed E-state index contributed by atoms with van der Waals surface area (Å²) in [6.07, 6.45) is 1.02. The Bertz CT molecular complexity index is 343. The average molecular weight is 246 g/mol. The van der Waals surface area contributed by atoms with Gasteiger partial charge in [0.1, 0.15) is 5.60 Å². The Kier molecular flexibility index (Phi) is 3.05. The van der Waals surface area contributed by atoms with Gasteiger partial charge in [-0.2, -0.15) is 0 Å². The third-order valence-corrected chi connectivity index (χ3v) is 3.42. The van der Waals surface area contributed by atoms with Crippen LogP contribution in [-0.4, -0.2) is 48.1 Å². The summed E-state index contributed by atoms with van der Waals surface area (Å²) in [7, 11) is 0. The maximum Gasteiger partial charge on any atom is 0.321 e. The van der Waals surface area contributed by atoms with Gasteiger partial charge in [0.15, 0.2) is 0 Å². The maximum atomic E-state index is 14.8. The van der Waals surface area contributed by atoms with Crippen LogP contribution in [0.15, 0.2) is 0 Å². The molecule has 0 aromatic rings. The third-order valence-electron chi connectivity index (χ3n) is 3.42. The smallest absolute Gasteiger partial charge is 0.321 e. The minimum Gasteiger partial charge on any atom is -0.396 e. The second-order valence-corrected chi connectivity index (χ2v) is 4.36. The van der Waals surface area contributed by atoms with Crippen molar-refractivity contribution in [2.75, 3.05) is 19.8 Å². The number of imide groups is 1. The van der Waals surface area contributed by atoms with Crippen molar-refractivity contribution < 1.29 is 23.8 Å². The molecule has 0 radical (unpaired) electrons. The number of aliphatic hydroxyl groups is 1. The number of carbonyl (C=O) groups excluding carboxylic acids is 2. The highest BCUT2D eigenvalue weighted by molar-refractivity contribution is 6.02. The van der Waals surface area contributed by atoms with Crippen molar-refractivity contribution in [3.63, 3.8) is 0 Å². The van der Waals surface area contributed by atoms with E-state index in [1.54, 1.807) is 0 Å². The van der Waals surface area contributed by atoms with Crippen LogP contribution in [0, 0.1) is 0 Å². The summed E-state index contributed by atoms with van der Waals surface area (Å²) < 4.78 is 20.2. The molecule has 3 amide bonds. The molecule has 2 aliphatic rings. The highest BCUT2D eigenvalue weighted by atomic mass is 19.1. The van der Waals surface area contributed by atoms with Crippen LogP contribution in [0.4, 0.5) is 9.18 Å². The number of carbonyl (C=O) groups is 2. The molecule has 2 heterocycles. The van der Waals surface area contributed by atoms with Crippen molar-refractivity contribution in [2.45, 2.75) is 30.5 Å². The highest BCUT2D eigenvalue weighted by Crippen LogP contribution is 2.42. The second-order valence-electron chi connectivity index (χ2n) is 4.36. The molecule has 17 heavy (non-hydrogen) atoms. The molecule has 1 unspecified atom stereocenters. The van der Waals surface area contributed by atoms with Gasteiger partial charge in [0.2, 0.25) is 5.67 Å². The zero-order chi connectivity index (χ0) is 12.5. The third kappa shape index (κ3) is 1.79. The summed E-state index contributed by atoms with van der Waals surface area (Å²) in [6.45, 7) is -0.336. The summed E-state index contributed by atoms with van der Waals surface area (Å²) in [5.74, 6) is -0.989. The predicted molar refractivity (Wildman–Crippen MR) is 55.0 cm³/mol. The van der Waals surface area contributed by atoms with Crippen molar-refractivity contribution >= 4 is 11.9 Å². The molecule has 7 heteroatoms. The van der Waals surface area contributed by atoms with Gasteiger partial charge in [-0.05, 0) is 12.8 Å². The van der Waals surface area contributed by atoms with Crippen LogP contribution in [0.5, 0.6) is 0 Å². The van der Waals surface area contributed by atoms with E-state index in [0.717, 1.165) is 0 Å². The lowest BCUT2D eigenvalue weighted by molar-refractivity contribution is -0.162. The van der Waals surface area contributed by atoms with Crippen LogP contribution in [-0.2, 0) is 9.53 Å². The molecule has 2 atom stereocenters. The Balaban J connectivity index is 2.28. The summed E-state index contributed by atoms with van der Waals surface area (Å²) in [5, 5.41) is 13.2. The van der Waals surface area contributed by atoms with Gasteiger partial charge in [-0.15, -0.1) is 0 Å². The molecule has 0 spiro atoms. The first-order chi connectivity index (χ1) is 8.04. The van der Waals surface area contributed by atoms with E-state index in [1.165, 1.54) is 0 Å². The largest absolute Gasteiger partial charge is 0.396 e. The van der Waals surface area contributed by atoms with E-state index in [2.05, 4.69) is 5.32 Å². The van der Waals surface area contributed by atoms with Crippen molar-refractivity contribution in [2.24, 2.45) is 0 Å². The Labute approximate surface area is 97.5 Å². The molecule has 2 aliphatic heterocycles. The fourth-order valence-electron chi connectivity index (χ4n) is 2.48. The van der Waals surface area contributed by atoms with E-state index in [4.69, 9.17) is 9.84 Å². The van der Waals surface area contributed by atoms with Gasteiger partial charge in [-0.25, -0.2) is 9.18 Å². The van der Waals surface area contributed by atoms with Crippen LogP contribution in [0.3, 0.4) is 0 Å². The fourth-order valence-corrected chi connectivity index (χ4v) is 2.48. The fraction of sp³-hybridized carbons (Fsp3) is 0.800. The molecule has 2 rings (SSSR count). The molecule has 6 nitrogen and oxygen atoms in total. The van der Waals surface area contributed by atoms with Crippen LogP contribution in [0.1, 0.15) is 19.3 Å². The molecule has 0 bridgehead atoms. The van der Waals surface area contributed by atoms with Crippen molar-refractivity contribution in [3.05, 3.63) is 0 Å². The number of rotatable bonds is 3. The summed E-state index contributed by atoms with van der Waals surface area (Å²) in [4.78, 5) is 22.6. The Morgan fingerprint density at radius 3 is 2.76 bits per heavy atom. The number of hydrogen-bond donors (Lipinski definition) is 3. The summed E-state index contributed by atoms with van der Waals surface area (Å²) in [6, 6.07) is -0.708. The minimum atomic E-state index is -2.32. The van der Waals surface area contributed by atoms with E-state index in [9.17, 15) is 14.0 Å². The molecule has 0 aromatic heterocycles. The number of ether oxygens (including phenoxy) is 1. The van der Waals surface area contributed by atoms with E-state index in [-0.39, 0.29) is 13.0 Å². The molecule has 0 saturated carbocycles. The molecule has 0 aromatic carbocycles. The van der Waals surface area contributed by atoms with Gasteiger partial charge in [0, 0.05) is 19.6 Å². The highest BCUT2D eigenvalue weighted by Gasteiger charge is 2.61. The van der Waals surface area contributed by atoms with Gasteiger partial charge in [0.05, 0.1) is 6.54 Å². The number of halogens is 1. The summed E-state index contributed by atoms with van der Waals surface area (Å²) in [5.41, 5.74) is -3.65. The molecule has 96 valence electrons. The Morgan fingerprint density at radius 1 is 1.47 bits per heavy atom. The number of amides is 3. The van der Waals surface area contributed by atoms with Crippen molar-refractivity contribution in [1.82, 2.24) is 10.6 Å². The first-order valence-electron chi connectivity index (χ1n) is 5.57. The number of hydrogen-bond acceptors (Lipinski definition) is 4. The average Bonchev–Trinajstić information content (AvgIpc) is 2.75. The lowest BCUT2D eigenvalue weighted by atomic mass is 9.78. The number of nitrogens with one attached hydrogen (secondary N) is 2. The zero-order valence-corrected chi connectivity index (χ0v) is 9.29. The maximum absolute atomic E-state index is 14.8. The molecule has 2 saturated heterocycles. The van der Waals surface area contributed by atoms with E-state index in [1.807, 2.05) is 5.32 Å². The van der Waals surface area contributed by atoms with Gasteiger partial charge >= 0.3 is 6.03 Å². The molecule has 3 N–H and O–H groups in total. The van der Waals surface area contributed by atoms with E-state index >= 15 is 0 Å². The van der Waals surface area contributed by atoms with E-state index in [0.29, 0.717) is 19.4 Å². The molecule has 0 aliphatic carbocycles. The van der Waals surface area contributed by atoms with Gasteiger partial charge < -0.3 is 15.2 Å². The minimum absolute atomic E-state index is 0.0345. The predicted octanol–water partition coefficient (Wildman–Crippen LogP) is -0.534. The van der Waals surface area contributed by atoms with Crippen LogP contribution in [0.2, 0.25) is 0 Å². The van der Waals surface area contributed by atoms with Gasteiger partial charge in [-0.3, -0.25) is 10.1 Å². The SMILES string of the molecule is O=C1NCC(F)([C@@]2(CCO)CCCO2)C(=O)N1. The van der Waals surface area contributed by atoms with Gasteiger partial charge in [0.25, 0.3) is 5.91 Å². The normalized spacial score (nSPS) is 37.8. The number of urea groups is 1. The second kappa shape index (κ2) is 4.23. The lowest BCUT2D eigenvalue weighted by Gasteiger charge is -2.42. The number of alkyl halides is 1. The zero-order valence-electron chi connectivity index (χ0n) is 9.29. The summed E-state index contributed by atoms with van der Waals surface area (Å²) >= 11 is 0. The standard InChI is InChI=1S/C10H15FN2O4/c11-10(6-12-8(16)13-7(10)15)9(3-4-14)2-1-5-17-9/h14H,1-6H2,(H2,12,13,15,16)/t9-,10?/m0/s1. The van der Waals surface area contributed by atoms with Crippen LogP contribution < -0.4 is 10.6 Å². The quantitative estimate of drug-likeness (QED) is 0.624. The molecule has 2 fully saturated rings. The Morgan fingerprint density at radius 2 is 2.24 bits per heavy atom. The molecular formula is C10H15FN2O4. The first-order valence-corrected chi connectivity index (χ1v) is 5.57. The van der Waals surface area contributed by atoms with Crippen molar-refractivity contribution in [3.8, 4) is 0 Å². The van der Waals surface area contributed by atoms with Gasteiger partial charge in [-0.1, -0.05) is 0 Å². The topological polar surface area (TPSA) is 87.7 Å². The number of aliphatic hydroxyl groups excluding tert-OH is 1. The van der Waals surface area contributed by atoms with Crippen LogP contribution in [0.25, 0.3) is 0 Å². The van der Waals surface area contributed by atoms with Crippen LogP contribution >= 0.6 is 0 Å². The molecular weight excluding hydrogens is 231 g/mol. The lowest BCUT2D eigenvalue weighted by Crippen LogP contribution is -2.70.